The number of esters is 2. The number of allylic oxidation sites excluding steroid dienone is 2. The van der Waals surface area contributed by atoms with Crippen molar-refractivity contribution < 1.29 is 61.3 Å². The van der Waals surface area contributed by atoms with Gasteiger partial charge in [0.25, 0.3) is 0 Å². The van der Waals surface area contributed by atoms with Gasteiger partial charge < -0.3 is 26.0 Å². The molecular formula is C24H27F3N4O10. The number of halogens is 3. The fourth-order valence-electron chi connectivity index (χ4n) is 6.50. The summed E-state index contributed by atoms with van der Waals surface area (Å²) < 4.78 is 41.8. The lowest BCUT2D eigenvalue weighted by Gasteiger charge is -2.60. The van der Waals surface area contributed by atoms with Gasteiger partial charge in [-0.3, -0.25) is 28.8 Å². The minimum absolute atomic E-state index is 0.268. The van der Waals surface area contributed by atoms with E-state index in [1.807, 2.05) is 12.2 Å². The van der Waals surface area contributed by atoms with Crippen molar-refractivity contribution in [3.05, 3.63) is 12.2 Å². The standard InChI is InChI=1S/C22H26N4O8.C2HF3O2/c1-7(23)21(31)33-5-25-17(27)13-9-3-4-10(14(13)18(25)28)12-11(9)15-16(12)20(30)26(19(15)29)6-34-22(32)8(2)24;3-2(4,5)1(6)7/h3-4,7-16H,5-6,23-24H2,1-2H3;(H,6,7). The number of carbonyl (C=O) groups excluding carboxylic acids is 6. The summed E-state index contributed by atoms with van der Waals surface area (Å²) in [4.78, 5) is 86.6. The number of alkyl halides is 3. The Morgan fingerprint density at radius 1 is 0.780 bits per heavy atom. The summed E-state index contributed by atoms with van der Waals surface area (Å²) in [5, 5.41) is 7.12. The topological polar surface area (TPSA) is 217 Å². The van der Waals surface area contributed by atoms with Gasteiger partial charge >= 0.3 is 24.1 Å². The molecule has 10 unspecified atom stereocenters. The summed E-state index contributed by atoms with van der Waals surface area (Å²) in [6.45, 7) is 1.86. The third-order valence-electron chi connectivity index (χ3n) is 8.18. The highest BCUT2D eigenvalue weighted by Crippen LogP contribution is 2.68. The van der Waals surface area contributed by atoms with Crippen molar-refractivity contribution in [2.75, 3.05) is 13.5 Å². The predicted molar refractivity (Wildman–Crippen MR) is 124 cm³/mol. The second kappa shape index (κ2) is 10.5. The number of ether oxygens (including phenoxy) is 2. The molecule has 0 radical (unpaired) electrons. The summed E-state index contributed by atoms with van der Waals surface area (Å²) in [7, 11) is 0. The van der Waals surface area contributed by atoms with E-state index in [4.69, 9.17) is 30.8 Å². The molecule has 10 atom stereocenters. The van der Waals surface area contributed by atoms with E-state index < -0.39 is 109 Å². The number of amides is 4. The number of rotatable bonds is 6. The van der Waals surface area contributed by atoms with Crippen molar-refractivity contribution in [1.29, 1.82) is 0 Å². The van der Waals surface area contributed by atoms with Crippen LogP contribution in [0.4, 0.5) is 13.2 Å². The largest absolute Gasteiger partial charge is 0.490 e. The fraction of sp³-hybridized carbons (Fsp3) is 0.625. The molecule has 0 aromatic carbocycles. The summed E-state index contributed by atoms with van der Waals surface area (Å²) in [6, 6.07) is -1.78. The maximum Gasteiger partial charge on any atom is 0.490 e. The Hall–Kier alpha value is -3.86. The second-order valence-electron chi connectivity index (χ2n) is 10.6. The molecule has 2 saturated heterocycles. The Balaban J connectivity index is 0.000000493. The van der Waals surface area contributed by atoms with Crippen LogP contribution in [0.5, 0.6) is 0 Å². The molecule has 0 aromatic rings. The number of carboxylic acid groups (broad SMARTS) is 1. The molecule has 4 aliphatic carbocycles. The lowest BCUT2D eigenvalue weighted by molar-refractivity contribution is -0.192. The average molecular weight is 588 g/mol. The highest BCUT2D eigenvalue weighted by atomic mass is 19.4. The Labute approximate surface area is 229 Å². The zero-order valence-corrected chi connectivity index (χ0v) is 21.6. The highest BCUT2D eigenvalue weighted by Gasteiger charge is 2.75. The summed E-state index contributed by atoms with van der Waals surface area (Å²) in [6.07, 6.45) is -1.36. The van der Waals surface area contributed by atoms with Gasteiger partial charge in [-0.05, 0) is 37.5 Å². The second-order valence-corrected chi connectivity index (χ2v) is 10.6. The van der Waals surface area contributed by atoms with Crippen molar-refractivity contribution in [2.45, 2.75) is 32.1 Å². The molecule has 2 aliphatic heterocycles. The summed E-state index contributed by atoms with van der Waals surface area (Å²) in [5.74, 6) is -9.92. The molecule has 4 fully saturated rings. The number of hydrogen-bond donors (Lipinski definition) is 3. The fourth-order valence-corrected chi connectivity index (χ4v) is 6.50. The monoisotopic (exact) mass is 588 g/mol. The summed E-state index contributed by atoms with van der Waals surface area (Å²) >= 11 is 0. The Morgan fingerprint density at radius 3 is 1.34 bits per heavy atom. The number of nitrogens with zero attached hydrogens (tertiary/aromatic N) is 2. The number of fused-ring (bicyclic) bond motifs is 1. The van der Waals surface area contributed by atoms with E-state index in [-0.39, 0.29) is 11.8 Å². The summed E-state index contributed by atoms with van der Waals surface area (Å²) in [5.41, 5.74) is 10.9. The highest BCUT2D eigenvalue weighted by molar-refractivity contribution is 6.09. The van der Waals surface area contributed by atoms with Gasteiger partial charge in [0, 0.05) is 0 Å². The van der Waals surface area contributed by atoms with Gasteiger partial charge in [-0.2, -0.15) is 13.2 Å². The van der Waals surface area contributed by atoms with Crippen LogP contribution in [0.3, 0.4) is 0 Å². The molecule has 5 N–H and O–H groups in total. The molecule has 14 nitrogen and oxygen atoms in total. The van der Waals surface area contributed by atoms with Gasteiger partial charge in [0.1, 0.15) is 12.1 Å². The molecule has 2 heterocycles. The first-order valence-corrected chi connectivity index (χ1v) is 12.5. The van der Waals surface area contributed by atoms with Gasteiger partial charge in [0.2, 0.25) is 23.6 Å². The zero-order valence-electron chi connectivity index (χ0n) is 21.6. The quantitative estimate of drug-likeness (QED) is 0.185. The Bertz CT molecular complexity index is 1180. The van der Waals surface area contributed by atoms with E-state index in [2.05, 4.69) is 0 Å². The minimum Gasteiger partial charge on any atom is -0.475 e. The molecule has 6 rings (SSSR count). The molecule has 224 valence electrons. The van der Waals surface area contributed by atoms with Crippen LogP contribution >= 0.6 is 0 Å². The first kappa shape index (κ1) is 30.1. The third-order valence-corrected chi connectivity index (χ3v) is 8.18. The zero-order chi connectivity index (χ0) is 30.7. The first-order chi connectivity index (χ1) is 19.0. The number of imide groups is 2. The Kier molecular flexibility index (Phi) is 7.72. The van der Waals surface area contributed by atoms with Crippen LogP contribution in [-0.4, -0.2) is 88.2 Å². The number of hydrogen-bond acceptors (Lipinski definition) is 11. The smallest absolute Gasteiger partial charge is 0.475 e. The van der Waals surface area contributed by atoms with Gasteiger partial charge in [-0.15, -0.1) is 0 Å². The van der Waals surface area contributed by atoms with Crippen LogP contribution in [0.25, 0.3) is 0 Å². The van der Waals surface area contributed by atoms with Crippen LogP contribution in [0.15, 0.2) is 12.2 Å². The van der Waals surface area contributed by atoms with Crippen LogP contribution in [0, 0.1) is 47.3 Å². The normalized spacial score (nSPS) is 34.1. The predicted octanol–water partition coefficient (Wildman–Crippen LogP) is -1.42. The molecule has 4 amide bonds. The number of nitrogens with two attached hydrogens (primary N) is 2. The SMILES string of the molecule is CC(N)C(=O)OCN1C(=O)C2C3C=CC(C2C1=O)C1C2C(=O)N(COC(=O)C(C)N)C(=O)C2C31.O=C(O)C(F)(F)F. The van der Waals surface area contributed by atoms with Crippen LogP contribution in [0.2, 0.25) is 0 Å². The van der Waals surface area contributed by atoms with Gasteiger partial charge in [-0.25, -0.2) is 14.6 Å². The molecule has 0 aromatic heterocycles. The van der Waals surface area contributed by atoms with Crippen LogP contribution in [0.1, 0.15) is 13.8 Å². The van der Waals surface area contributed by atoms with E-state index >= 15 is 0 Å². The van der Waals surface area contributed by atoms with E-state index in [1.54, 1.807) is 0 Å². The molecule has 17 heteroatoms. The van der Waals surface area contributed by atoms with Crippen molar-refractivity contribution in [3.63, 3.8) is 0 Å². The first-order valence-electron chi connectivity index (χ1n) is 12.5. The number of aliphatic carboxylic acids is 1. The molecule has 2 bridgehead atoms. The maximum atomic E-state index is 13.2. The van der Waals surface area contributed by atoms with E-state index in [0.717, 1.165) is 9.80 Å². The number of likely N-dealkylation sites (tertiary alicyclic amines) is 2. The van der Waals surface area contributed by atoms with Crippen LogP contribution < -0.4 is 11.5 Å². The van der Waals surface area contributed by atoms with E-state index in [0.29, 0.717) is 0 Å². The van der Waals surface area contributed by atoms with E-state index in [9.17, 15) is 41.9 Å². The van der Waals surface area contributed by atoms with Gasteiger partial charge in [0.15, 0.2) is 13.5 Å². The van der Waals surface area contributed by atoms with Crippen LogP contribution in [-0.2, 0) is 43.0 Å². The molecule has 6 aliphatic rings. The molecule has 0 spiro atoms. The van der Waals surface area contributed by atoms with Crippen molar-refractivity contribution in [2.24, 2.45) is 58.8 Å². The molecule has 2 saturated carbocycles. The van der Waals surface area contributed by atoms with Gasteiger partial charge in [-0.1, -0.05) is 12.2 Å². The van der Waals surface area contributed by atoms with Crippen molar-refractivity contribution >= 4 is 41.5 Å². The number of carboxylic acids is 1. The Morgan fingerprint density at radius 2 is 1.07 bits per heavy atom. The maximum absolute atomic E-state index is 13.2. The average Bonchev–Trinajstić information content (AvgIpc) is 3.24. The lowest BCUT2D eigenvalue weighted by Crippen LogP contribution is -2.63. The van der Waals surface area contributed by atoms with Crippen molar-refractivity contribution in [3.8, 4) is 0 Å². The lowest BCUT2D eigenvalue weighted by atomic mass is 9.40. The minimum atomic E-state index is -5.08. The third kappa shape index (κ3) is 4.86. The van der Waals surface area contributed by atoms with E-state index in [1.165, 1.54) is 13.8 Å². The van der Waals surface area contributed by atoms with Crippen molar-refractivity contribution in [1.82, 2.24) is 9.80 Å². The molecular weight excluding hydrogens is 561 g/mol. The van der Waals surface area contributed by atoms with Gasteiger partial charge in [0.05, 0.1) is 23.7 Å². The number of carbonyl (C=O) groups is 7. The molecule has 41 heavy (non-hydrogen) atoms.